The van der Waals surface area contributed by atoms with Gasteiger partial charge in [0.2, 0.25) is 5.91 Å². The van der Waals surface area contributed by atoms with Crippen LogP contribution in [0.1, 0.15) is 43.4 Å². The van der Waals surface area contributed by atoms with Crippen LogP contribution in [-0.4, -0.2) is 30.0 Å². The molecule has 0 aliphatic rings. The van der Waals surface area contributed by atoms with Crippen LogP contribution in [0.3, 0.4) is 0 Å². The fourth-order valence-corrected chi connectivity index (χ4v) is 1.85. The molecule has 0 spiro atoms. The lowest BCUT2D eigenvalue weighted by Crippen LogP contribution is -2.21. The molecule has 0 aromatic heterocycles. The molecule has 1 unspecified atom stereocenters. The Hall–Kier alpha value is -1.35. The van der Waals surface area contributed by atoms with Gasteiger partial charge >= 0.3 is 0 Å². The lowest BCUT2D eigenvalue weighted by Gasteiger charge is -2.14. The van der Waals surface area contributed by atoms with Crippen molar-refractivity contribution in [1.29, 1.82) is 0 Å². The zero-order chi connectivity index (χ0) is 13.5. The van der Waals surface area contributed by atoms with E-state index in [-0.39, 0.29) is 5.91 Å². The maximum absolute atomic E-state index is 11.4. The van der Waals surface area contributed by atoms with E-state index in [4.69, 9.17) is 0 Å². The van der Waals surface area contributed by atoms with Crippen molar-refractivity contribution in [2.45, 2.75) is 38.7 Å². The number of carbonyl (C=O) groups excluding carboxylic acids is 1. The Balaban J connectivity index is 2.51. The Kier molecular flexibility index (Phi) is 5.86. The number of nitrogens with zero attached hydrogens (tertiary/aromatic N) is 1. The van der Waals surface area contributed by atoms with Gasteiger partial charge in [0.05, 0.1) is 6.10 Å². The third kappa shape index (κ3) is 4.49. The van der Waals surface area contributed by atoms with Crippen LogP contribution in [-0.2, 0) is 11.2 Å². The highest BCUT2D eigenvalue weighted by Gasteiger charge is 2.11. The molecule has 1 amide bonds. The number of benzene rings is 1. The maximum atomic E-state index is 11.4. The van der Waals surface area contributed by atoms with Crippen molar-refractivity contribution in [3.05, 3.63) is 35.4 Å². The zero-order valence-electron chi connectivity index (χ0n) is 11.5. The van der Waals surface area contributed by atoms with E-state index in [1.807, 2.05) is 12.1 Å². The zero-order valence-corrected chi connectivity index (χ0v) is 11.5. The van der Waals surface area contributed by atoms with E-state index in [0.717, 1.165) is 18.4 Å². The first-order valence-corrected chi connectivity index (χ1v) is 6.51. The number of amides is 1. The third-order valence-corrected chi connectivity index (χ3v) is 3.03. The molecule has 3 heteroatoms. The smallest absolute Gasteiger partial charge is 0.222 e. The van der Waals surface area contributed by atoms with E-state index in [0.29, 0.717) is 12.8 Å². The maximum Gasteiger partial charge on any atom is 0.222 e. The highest BCUT2D eigenvalue weighted by molar-refractivity contribution is 5.75. The Bertz CT molecular complexity index is 371. The van der Waals surface area contributed by atoms with Gasteiger partial charge in [0, 0.05) is 20.5 Å². The SMILES string of the molecule is CCCc1ccc(C(O)CCC(=O)N(C)C)cc1. The second-order valence-electron chi connectivity index (χ2n) is 4.83. The topological polar surface area (TPSA) is 40.5 Å². The summed E-state index contributed by atoms with van der Waals surface area (Å²) in [6, 6.07) is 8.01. The number of carbonyl (C=O) groups is 1. The molecule has 1 N–H and O–H groups in total. The molecular weight excluding hydrogens is 226 g/mol. The Labute approximate surface area is 109 Å². The van der Waals surface area contributed by atoms with Gasteiger partial charge in [0.1, 0.15) is 0 Å². The summed E-state index contributed by atoms with van der Waals surface area (Å²) in [6.07, 6.45) is 2.49. The van der Waals surface area contributed by atoms with Crippen molar-refractivity contribution in [1.82, 2.24) is 4.90 Å². The van der Waals surface area contributed by atoms with Crippen LogP contribution in [0.2, 0.25) is 0 Å². The Morgan fingerprint density at radius 2 is 1.89 bits per heavy atom. The summed E-state index contributed by atoms with van der Waals surface area (Å²) in [5.74, 6) is 0.0525. The van der Waals surface area contributed by atoms with E-state index in [1.165, 1.54) is 5.56 Å². The lowest BCUT2D eigenvalue weighted by molar-refractivity contribution is -0.129. The van der Waals surface area contributed by atoms with Gasteiger partial charge in [0.15, 0.2) is 0 Å². The number of aliphatic hydroxyl groups is 1. The van der Waals surface area contributed by atoms with Gasteiger partial charge in [0.25, 0.3) is 0 Å². The van der Waals surface area contributed by atoms with Gasteiger partial charge in [-0.25, -0.2) is 0 Å². The molecule has 0 saturated carbocycles. The van der Waals surface area contributed by atoms with Gasteiger partial charge in [-0.05, 0) is 24.0 Å². The first kappa shape index (κ1) is 14.7. The average molecular weight is 249 g/mol. The van der Waals surface area contributed by atoms with Crippen LogP contribution in [0.5, 0.6) is 0 Å². The molecule has 1 atom stereocenters. The van der Waals surface area contributed by atoms with E-state index in [9.17, 15) is 9.90 Å². The van der Waals surface area contributed by atoms with Crippen LogP contribution in [0.15, 0.2) is 24.3 Å². The third-order valence-electron chi connectivity index (χ3n) is 3.03. The van der Waals surface area contributed by atoms with Crippen LogP contribution in [0.25, 0.3) is 0 Å². The molecule has 3 nitrogen and oxygen atoms in total. The molecule has 1 aromatic rings. The molecule has 0 heterocycles. The van der Waals surface area contributed by atoms with Crippen molar-refractivity contribution >= 4 is 5.91 Å². The summed E-state index contributed by atoms with van der Waals surface area (Å²) in [5, 5.41) is 10.0. The first-order valence-electron chi connectivity index (χ1n) is 6.51. The number of hydrogen-bond donors (Lipinski definition) is 1. The highest BCUT2D eigenvalue weighted by Crippen LogP contribution is 2.19. The second kappa shape index (κ2) is 7.17. The minimum Gasteiger partial charge on any atom is -0.388 e. The van der Waals surface area contributed by atoms with Crippen molar-refractivity contribution in [2.24, 2.45) is 0 Å². The van der Waals surface area contributed by atoms with Gasteiger partial charge in [-0.3, -0.25) is 4.79 Å². The van der Waals surface area contributed by atoms with E-state index >= 15 is 0 Å². The van der Waals surface area contributed by atoms with E-state index in [1.54, 1.807) is 19.0 Å². The highest BCUT2D eigenvalue weighted by atomic mass is 16.3. The number of rotatable bonds is 6. The minimum absolute atomic E-state index is 0.0525. The molecule has 0 fully saturated rings. The summed E-state index contributed by atoms with van der Waals surface area (Å²) >= 11 is 0. The summed E-state index contributed by atoms with van der Waals surface area (Å²) in [7, 11) is 3.46. The average Bonchev–Trinajstić information content (AvgIpc) is 2.36. The molecule has 100 valence electrons. The Morgan fingerprint density at radius 1 is 1.28 bits per heavy atom. The predicted octanol–water partition coefficient (Wildman–Crippen LogP) is 2.54. The standard InChI is InChI=1S/C15H23NO2/c1-4-5-12-6-8-13(9-7-12)14(17)10-11-15(18)16(2)3/h6-9,14,17H,4-5,10-11H2,1-3H3. The minimum atomic E-state index is -0.551. The summed E-state index contributed by atoms with van der Waals surface area (Å²) < 4.78 is 0. The molecule has 0 bridgehead atoms. The van der Waals surface area contributed by atoms with Crippen LogP contribution in [0.4, 0.5) is 0 Å². The van der Waals surface area contributed by atoms with Crippen molar-refractivity contribution in [3.8, 4) is 0 Å². The summed E-state index contributed by atoms with van der Waals surface area (Å²) in [6.45, 7) is 2.15. The first-order chi connectivity index (χ1) is 8.54. The molecule has 1 rings (SSSR count). The Morgan fingerprint density at radius 3 is 2.39 bits per heavy atom. The molecule has 1 aromatic carbocycles. The van der Waals surface area contributed by atoms with Crippen molar-refractivity contribution < 1.29 is 9.90 Å². The van der Waals surface area contributed by atoms with Gasteiger partial charge in [-0.15, -0.1) is 0 Å². The largest absolute Gasteiger partial charge is 0.388 e. The normalized spacial score (nSPS) is 12.2. The quantitative estimate of drug-likeness (QED) is 0.841. The summed E-state index contributed by atoms with van der Waals surface area (Å²) in [5.41, 5.74) is 2.18. The lowest BCUT2D eigenvalue weighted by atomic mass is 10.0. The van der Waals surface area contributed by atoms with Crippen molar-refractivity contribution in [3.63, 3.8) is 0 Å². The number of hydrogen-bond acceptors (Lipinski definition) is 2. The van der Waals surface area contributed by atoms with Crippen molar-refractivity contribution in [2.75, 3.05) is 14.1 Å². The van der Waals surface area contributed by atoms with Gasteiger partial charge in [-0.1, -0.05) is 37.6 Å². The van der Waals surface area contributed by atoms with Crippen LogP contribution < -0.4 is 0 Å². The molecule has 0 aliphatic carbocycles. The van der Waals surface area contributed by atoms with E-state index < -0.39 is 6.10 Å². The molecular formula is C15H23NO2. The van der Waals surface area contributed by atoms with Gasteiger partial charge < -0.3 is 10.0 Å². The molecule has 0 aliphatic heterocycles. The summed E-state index contributed by atoms with van der Waals surface area (Å²) in [4.78, 5) is 13.0. The second-order valence-corrected chi connectivity index (χ2v) is 4.83. The molecule has 0 radical (unpaired) electrons. The number of aliphatic hydroxyl groups excluding tert-OH is 1. The van der Waals surface area contributed by atoms with Gasteiger partial charge in [-0.2, -0.15) is 0 Å². The van der Waals surface area contributed by atoms with Crippen LogP contribution in [0, 0.1) is 0 Å². The van der Waals surface area contributed by atoms with Crippen LogP contribution >= 0.6 is 0 Å². The number of aryl methyl sites for hydroxylation is 1. The fourth-order valence-electron chi connectivity index (χ4n) is 1.85. The van der Waals surface area contributed by atoms with E-state index in [2.05, 4.69) is 19.1 Å². The monoisotopic (exact) mass is 249 g/mol. The fraction of sp³-hybridized carbons (Fsp3) is 0.533. The molecule has 0 saturated heterocycles. The molecule has 18 heavy (non-hydrogen) atoms. The predicted molar refractivity (Wildman–Crippen MR) is 73.3 cm³/mol.